The molecule has 0 saturated heterocycles. The number of unbranched alkanes of at least 4 members (excludes halogenated alkanes) is 3. The van der Waals surface area contributed by atoms with Gasteiger partial charge in [0, 0.05) is 0 Å². The van der Waals surface area contributed by atoms with Gasteiger partial charge < -0.3 is 16.5 Å². The maximum atomic E-state index is 8.34. The minimum atomic E-state index is -3.36. The van der Waals surface area contributed by atoms with Crippen LogP contribution in [0.2, 0.25) is 0 Å². The monoisotopic (exact) mass is 1240 g/mol. The highest BCUT2D eigenvalue weighted by molar-refractivity contribution is 7.15. The Bertz CT molecular complexity index is 3730. The molecule has 0 aromatic heterocycles. The number of hydrogen-bond acceptors (Lipinski definition) is 4. The predicted molar refractivity (Wildman–Crippen MR) is 385 cm³/mol. The third-order valence-corrected chi connectivity index (χ3v) is 38.5. The van der Waals surface area contributed by atoms with Crippen LogP contribution >= 0.6 is 0 Å². The van der Waals surface area contributed by atoms with Gasteiger partial charge in [0.2, 0.25) is 0 Å². The van der Waals surface area contributed by atoms with Crippen LogP contribution in [-0.2, 0) is 22.9 Å². The zero-order valence-electron chi connectivity index (χ0n) is 50.1. The lowest BCUT2D eigenvalue weighted by atomic mass is 10.1. The summed E-state index contributed by atoms with van der Waals surface area (Å²) >= 11 is 0. The Hall–Kier alpha value is -8.22. The van der Waals surface area contributed by atoms with E-state index in [1.807, 2.05) is 0 Å². The summed E-state index contributed by atoms with van der Waals surface area (Å²) in [6.45, 7) is 2.28. The van der Waals surface area contributed by atoms with Gasteiger partial charge in [0.15, 0.2) is 19.5 Å². The van der Waals surface area contributed by atoms with E-state index in [1.54, 1.807) is 0 Å². The molecule has 0 bridgehead atoms. The van der Waals surface area contributed by atoms with Gasteiger partial charge in [-0.25, -0.2) is 0 Å². The Kier molecular flexibility index (Phi) is 21.4. The maximum Gasteiger partial charge on any atom is 0.387 e. The predicted octanol–water partition coefficient (Wildman–Crippen LogP) is 8.83. The van der Waals surface area contributed by atoms with Crippen molar-refractivity contribution in [3.8, 4) is 0 Å². The molecule has 10 heteroatoms. The lowest BCUT2D eigenvalue weighted by Crippen LogP contribution is -2.79. The number of hydrogen-bond donors (Lipinski definition) is 0. The molecule has 88 heavy (non-hydrogen) atoms. The van der Waals surface area contributed by atoms with Crippen molar-refractivity contribution in [1.82, 2.24) is 0 Å². The smallest absolute Gasteiger partial charge is 0.387 e. The molecule has 0 atom stereocenters. The molecule has 0 radical (unpaired) electrons. The van der Waals surface area contributed by atoms with E-state index in [-0.39, 0.29) is 0 Å². The molecule has 12 rings (SSSR count). The van der Waals surface area contributed by atoms with Gasteiger partial charge in [0.05, 0.1) is 0 Å². The second-order valence-electron chi connectivity index (χ2n) is 22.1. The first kappa shape index (κ1) is 61.4. The first-order chi connectivity index (χ1) is 43.6. The Morgan fingerprint density at radius 3 is 0.807 bits per heavy atom. The van der Waals surface area contributed by atoms with Crippen molar-refractivity contribution < 1.29 is 16.5 Å². The van der Waals surface area contributed by atoms with Crippen LogP contribution in [0.5, 0.6) is 0 Å². The zero-order valence-corrected chi connectivity index (χ0v) is 57.0. The molecular formula is C78H76O4Si6. The fraction of sp³-hybridized carbons (Fsp3) is 0.0769. The van der Waals surface area contributed by atoms with Crippen LogP contribution in [0.15, 0.2) is 358 Å². The Balaban J connectivity index is 0.000000184. The third-order valence-electron chi connectivity index (χ3n) is 16.4. The highest BCUT2D eigenvalue weighted by Gasteiger charge is 2.55. The van der Waals surface area contributed by atoms with Crippen LogP contribution in [0.1, 0.15) is 38.2 Å². The van der Waals surface area contributed by atoms with E-state index >= 15 is 0 Å². The molecule has 0 unspecified atom stereocenters. The van der Waals surface area contributed by atoms with Crippen molar-refractivity contribution in [1.29, 1.82) is 0 Å². The van der Waals surface area contributed by atoms with Crippen LogP contribution < -0.4 is 62.2 Å². The minimum absolute atomic E-state index is 1.03. The molecule has 0 fully saturated rings. The summed E-state index contributed by atoms with van der Waals surface area (Å²) in [6, 6.07) is 128. The first-order valence-electron chi connectivity index (χ1n) is 30.9. The largest absolute Gasteiger partial charge is 0.431 e. The molecule has 12 aromatic carbocycles. The summed E-state index contributed by atoms with van der Waals surface area (Å²) in [5.74, 6) is 0. The molecule has 0 N–H and O–H groups in total. The first-order valence-corrected chi connectivity index (χ1v) is 40.9. The van der Waals surface area contributed by atoms with Gasteiger partial charge in [-0.15, -0.1) is 0 Å². The third kappa shape index (κ3) is 14.0. The Labute approximate surface area is 530 Å². The van der Waals surface area contributed by atoms with Gasteiger partial charge in [0.1, 0.15) is 0 Å². The molecule has 0 heterocycles. The molecule has 436 valence electrons. The Morgan fingerprint density at radius 2 is 0.500 bits per heavy atom. The fourth-order valence-electron chi connectivity index (χ4n) is 12.1. The average molecular weight is 1250 g/mol. The molecule has 0 saturated carbocycles. The van der Waals surface area contributed by atoms with Gasteiger partial charge >= 0.3 is 17.1 Å². The summed E-state index contributed by atoms with van der Waals surface area (Å²) in [6.07, 6.45) is 5.90. The van der Waals surface area contributed by atoms with Crippen molar-refractivity contribution in [2.75, 3.05) is 0 Å². The SMILES string of the molecule is CCCCCCc1ccccc1[Si](O[Si](O[SiH2]c1ccccc1)(c1ccccc1)c1ccccc1)(c1ccccc1)c1ccccc1.c1ccc([SiH2]O[Si](O[Si](c2ccccc2)(c2ccccc2)c2ccccc2)(c2ccccc2)c2ccccc2)cc1. The number of aryl methyl sites for hydroxylation is 1. The van der Waals surface area contributed by atoms with Gasteiger partial charge in [-0.05, 0) is 80.6 Å². The molecule has 12 aromatic rings. The van der Waals surface area contributed by atoms with E-state index in [9.17, 15) is 0 Å². The second-order valence-corrected chi connectivity index (χ2v) is 39.2. The van der Waals surface area contributed by atoms with Crippen molar-refractivity contribution in [3.63, 3.8) is 0 Å². The van der Waals surface area contributed by atoms with E-state index in [0.29, 0.717) is 0 Å². The van der Waals surface area contributed by atoms with E-state index in [1.165, 1.54) is 66.3 Å². The van der Waals surface area contributed by atoms with Crippen LogP contribution in [0, 0.1) is 0 Å². The molecular weight excluding hydrogens is 1170 g/mol. The second kappa shape index (κ2) is 30.6. The lowest BCUT2D eigenvalue weighted by molar-refractivity contribution is 0.441. The van der Waals surface area contributed by atoms with Gasteiger partial charge in [-0.2, -0.15) is 0 Å². The standard InChI is InChI=1S/C42H44O2Si3.C36H32O2Si3/c1-2-3-4-10-23-36-24-21-22-35-42(36)46(38-27-13-6-14-28-38,39-29-15-7-16-30-39)44-47(40-31-17-8-18-32-40,41-33-19-9-20-34-41)43-45-37-25-11-5-12-26-37;1-7-19-31(20-8-1)39-37-41(35-27-15-5-16-28-35,36-29-17-6-18-30-36)38-40(32-21-9-2-10-22-32,33-23-11-3-12-24-33)34-25-13-4-14-26-34/h5-9,11-22,24-35H,2-4,10,23,45H2,1H3;1-30H,39H2. The highest BCUT2D eigenvalue weighted by atomic mass is 28.5. The molecule has 4 nitrogen and oxygen atoms in total. The van der Waals surface area contributed by atoms with Gasteiger partial charge in [-0.3, -0.25) is 0 Å². The van der Waals surface area contributed by atoms with E-state index in [0.717, 1.165) is 33.6 Å². The molecule has 0 spiro atoms. The number of rotatable bonds is 25. The van der Waals surface area contributed by atoms with Crippen molar-refractivity contribution in [3.05, 3.63) is 363 Å². The van der Waals surface area contributed by atoms with Crippen LogP contribution in [0.4, 0.5) is 0 Å². The summed E-state index contributed by atoms with van der Waals surface area (Å²) < 4.78 is 31.4. The van der Waals surface area contributed by atoms with Crippen molar-refractivity contribution >= 4 is 116 Å². The van der Waals surface area contributed by atoms with Crippen LogP contribution in [-0.4, -0.2) is 53.3 Å². The molecule has 0 aliphatic carbocycles. The van der Waals surface area contributed by atoms with E-state index in [2.05, 4.69) is 365 Å². The molecule has 0 aliphatic heterocycles. The maximum absolute atomic E-state index is 8.34. The molecule has 0 aliphatic rings. The summed E-state index contributed by atoms with van der Waals surface area (Å²) in [4.78, 5) is 0. The van der Waals surface area contributed by atoms with Gasteiger partial charge in [-0.1, -0.05) is 384 Å². The summed E-state index contributed by atoms with van der Waals surface area (Å²) in [5.41, 5.74) is 1.38. The normalized spacial score (nSPS) is 12.0. The number of benzene rings is 12. The lowest BCUT2D eigenvalue weighted by Gasteiger charge is -2.43. The topological polar surface area (TPSA) is 36.9 Å². The van der Waals surface area contributed by atoms with E-state index in [4.69, 9.17) is 16.5 Å². The highest BCUT2D eigenvalue weighted by Crippen LogP contribution is 2.23. The Morgan fingerprint density at radius 1 is 0.250 bits per heavy atom. The molecule has 0 amide bonds. The summed E-state index contributed by atoms with van der Waals surface area (Å²) in [5, 5.41) is 14.4. The minimum Gasteiger partial charge on any atom is -0.431 e. The quantitative estimate of drug-likeness (QED) is 0.0326. The zero-order chi connectivity index (χ0) is 60.0. The average Bonchev–Trinajstić information content (AvgIpc) is 2.34. The van der Waals surface area contributed by atoms with Crippen LogP contribution in [0.25, 0.3) is 0 Å². The van der Waals surface area contributed by atoms with Gasteiger partial charge in [0.25, 0.3) is 16.6 Å². The fourth-order valence-corrected chi connectivity index (χ4v) is 37.7. The summed E-state index contributed by atoms with van der Waals surface area (Å²) in [7, 11) is -15.3. The van der Waals surface area contributed by atoms with Crippen molar-refractivity contribution in [2.24, 2.45) is 0 Å². The van der Waals surface area contributed by atoms with Crippen LogP contribution in [0.3, 0.4) is 0 Å². The van der Waals surface area contributed by atoms with Crippen molar-refractivity contribution in [2.45, 2.75) is 39.0 Å². The van der Waals surface area contributed by atoms with E-state index < -0.39 is 53.3 Å².